The van der Waals surface area contributed by atoms with Crippen molar-refractivity contribution in [3.8, 4) is 11.5 Å². The number of methoxy groups -OCH3 is 2. The normalized spacial score (nSPS) is 9.12. The first-order chi connectivity index (χ1) is 7.72. The molecule has 5 nitrogen and oxygen atoms in total. The Kier molecular flexibility index (Phi) is 7.09. The maximum atomic E-state index is 11.7. The quantitative estimate of drug-likeness (QED) is 0.822. The highest BCUT2D eigenvalue weighted by Gasteiger charge is 2.12. The lowest BCUT2D eigenvalue weighted by Gasteiger charge is -2.10. The van der Waals surface area contributed by atoms with Gasteiger partial charge in [-0.05, 0) is 18.2 Å². The van der Waals surface area contributed by atoms with E-state index in [9.17, 15) is 4.79 Å². The minimum atomic E-state index is -0.221. The lowest BCUT2D eigenvalue weighted by Crippen LogP contribution is -2.29. The standard InChI is InChI=1S/C11H16N2O3.ClH/c1-15-8-3-4-10(16-2)9(7-8)11(14)13-6-5-12;/h3-4,7H,5-6,12H2,1-2H3,(H,13,14);1H. The Hall–Kier alpha value is -1.46. The topological polar surface area (TPSA) is 73.6 Å². The molecular weight excluding hydrogens is 244 g/mol. The molecule has 1 aromatic carbocycles. The van der Waals surface area contributed by atoms with E-state index >= 15 is 0 Å². The van der Waals surface area contributed by atoms with Crippen LogP contribution in [0.1, 0.15) is 10.4 Å². The molecule has 6 heteroatoms. The highest BCUT2D eigenvalue weighted by Crippen LogP contribution is 2.23. The Labute approximate surface area is 107 Å². The van der Waals surface area contributed by atoms with Crippen molar-refractivity contribution in [2.24, 2.45) is 5.73 Å². The van der Waals surface area contributed by atoms with Gasteiger partial charge in [-0.1, -0.05) is 0 Å². The molecule has 0 fully saturated rings. The zero-order chi connectivity index (χ0) is 12.0. The molecule has 17 heavy (non-hydrogen) atoms. The number of nitrogens with two attached hydrogens (primary N) is 1. The summed E-state index contributed by atoms with van der Waals surface area (Å²) in [4.78, 5) is 11.7. The summed E-state index contributed by atoms with van der Waals surface area (Å²) in [7, 11) is 3.06. The second-order valence-corrected chi connectivity index (χ2v) is 3.11. The molecule has 0 radical (unpaired) electrons. The molecule has 0 atom stereocenters. The lowest BCUT2D eigenvalue weighted by atomic mass is 10.1. The van der Waals surface area contributed by atoms with E-state index in [1.165, 1.54) is 7.11 Å². The number of amides is 1. The molecule has 0 heterocycles. The first kappa shape index (κ1) is 15.5. The number of hydrogen-bond acceptors (Lipinski definition) is 4. The molecule has 1 aromatic rings. The molecule has 0 aliphatic rings. The predicted molar refractivity (Wildman–Crippen MR) is 68.2 cm³/mol. The molecule has 0 saturated heterocycles. The fraction of sp³-hybridized carbons (Fsp3) is 0.364. The summed E-state index contributed by atoms with van der Waals surface area (Å²) in [6, 6.07) is 5.05. The van der Waals surface area contributed by atoms with E-state index in [4.69, 9.17) is 15.2 Å². The molecule has 0 unspecified atom stereocenters. The zero-order valence-electron chi connectivity index (χ0n) is 9.86. The van der Waals surface area contributed by atoms with Crippen molar-refractivity contribution in [2.45, 2.75) is 0 Å². The summed E-state index contributed by atoms with van der Waals surface area (Å²) in [5.74, 6) is 0.898. The minimum Gasteiger partial charge on any atom is -0.497 e. The van der Waals surface area contributed by atoms with E-state index in [2.05, 4.69) is 5.32 Å². The van der Waals surface area contributed by atoms with Gasteiger partial charge in [0.25, 0.3) is 5.91 Å². The number of ether oxygens (including phenoxy) is 2. The molecule has 0 saturated carbocycles. The second-order valence-electron chi connectivity index (χ2n) is 3.11. The smallest absolute Gasteiger partial charge is 0.255 e. The van der Waals surface area contributed by atoms with E-state index in [0.29, 0.717) is 30.2 Å². The third-order valence-electron chi connectivity index (χ3n) is 2.08. The molecule has 3 N–H and O–H groups in total. The van der Waals surface area contributed by atoms with Crippen molar-refractivity contribution in [2.75, 3.05) is 27.3 Å². The number of carbonyl (C=O) groups excluding carboxylic acids is 1. The van der Waals surface area contributed by atoms with Crippen LogP contribution in [0.3, 0.4) is 0 Å². The third-order valence-corrected chi connectivity index (χ3v) is 2.08. The maximum absolute atomic E-state index is 11.7. The van der Waals surface area contributed by atoms with Crippen molar-refractivity contribution < 1.29 is 14.3 Å². The van der Waals surface area contributed by atoms with Crippen molar-refractivity contribution in [1.82, 2.24) is 5.32 Å². The lowest BCUT2D eigenvalue weighted by molar-refractivity contribution is 0.0951. The van der Waals surface area contributed by atoms with E-state index in [-0.39, 0.29) is 18.3 Å². The highest BCUT2D eigenvalue weighted by atomic mass is 35.5. The average Bonchev–Trinajstić information content (AvgIpc) is 2.35. The Morgan fingerprint density at radius 3 is 2.59 bits per heavy atom. The molecular formula is C11H17ClN2O3. The van der Waals surface area contributed by atoms with Gasteiger partial charge in [0.2, 0.25) is 0 Å². The summed E-state index contributed by atoms with van der Waals surface area (Å²) in [5, 5.41) is 2.68. The van der Waals surface area contributed by atoms with Crippen LogP contribution in [-0.4, -0.2) is 33.2 Å². The molecule has 1 amide bonds. The molecule has 0 aliphatic carbocycles. The number of rotatable bonds is 5. The molecule has 0 aromatic heterocycles. The Bertz CT molecular complexity index is 372. The monoisotopic (exact) mass is 260 g/mol. The van der Waals surface area contributed by atoms with Gasteiger partial charge >= 0.3 is 0 Å². The first-order valence-electron chi connectivity index (χ1n) is 4.93. The van der Waals surface area contributed by atoms with Crippen LogP contribution in [-0.2, 0) is 0 Å². The molecule has 0 aliphatic heterocycles. The number of carbonyl (C=O) groups is 1. The summed E-state index contributed by atoms with van der Waals surface area (Å²) in [5.41, 5.74) is 5.75. The van der Waals surface area contributed by atoms with Crippen LogP contribution in [0, 0.1) is 0 Å². The summed E-state index contributed by atoms with van der Waals surface area (Å²) in [6.45, 7) is 0.831. The fourth-order valence-electron chi connectivity index (χ4n) is 1.27. The largest absolute Gasteiger partial charge is 0.497 e. The van der Waals surface area contributed by atoms with Crippen LogP contribution in [0.2, 0.25) is 0 Å². The van der Waals surface area contributed by atoms with Crippen LogP contribution in [0.15, 0.2) is 18.2 Å². The fourth-order valence-corrected chi connectivity index (χ4v) is 1.27. The van der Waals surface area contributed by atoms with Gasteiger partial charge in [0, 0.05) is 13.1 Å². The van der Waals surface area contributed by atoms with E-state index in [0.717, 1.165) is 0 Å². The summed E-state index contributed by atoms with van der Waals surface area (Å²) >= 11 is 0. The first-order valence-corrected chi connectivity index (χ1v) is 4.93. The highest BCUT2D eigenvalue weighted by molar-refractivity contribution is 5.97. The number of hydrogen-bond donors (Lipinski definition) is 2. The van der Waals surface area contributed by atoms with Crippen LogP contribution >= 0.6 is 12.4 Å². The van der Waals surface area contributed by atoms with E-state index in [1.807, 2.05) is 0 Å². The van der Waals surface area contributed by atoms with Gasteiger partial charge in [-0.3, -0.25) is 4.79 Å². The minimum absolute atomic E-state index is 0. The van der Waals surface area contributed by atoms with Gasteiger partial charge in [-0.15, -0.1) is 12.4 Å². The Balaban J connectivity index is 0.00000256. The van der Waals surface area contributed by atoms with Crippen LogP contribution in [0.5, 0.6) is 11.5 Å². The zero-order valence-corrected chi connectivity index (χ0v) is 10.7. The Morgan fingerprint density at radius 1 is 1.35 bits per heavy atom. The van der Waals surface area contributed by atoms with Gasteiger partial charge in [0.15, 0.2) is 0 Å². The second kappa shape index (κ2) is 7.76. The third kappa shape index (κ3) is 4.13. The maximum Gasteiger partial charge on any atom is 0.255 e. The van der Waals surface area contributed by atoms with Crippen molar-refractivity contribution in [1.29, 1.82) is 0 Å². The summed E-state index contributed by atoms with van der Waals surface area (Å²) < 4.78 is 10.1. The molecule has 0 spiro atoms. The van der Waals surface area contributed by atoms with Gasteiger partial charge in [0.05, 0.1) is 19.8 Å². The molecule has 0 bridgehead atoms. The van der Waals surface area contributed by atoms with Crippen LogP contribution < -0.4 is 20.5 Å². The number of halogens is 1. The molecule has 96 valence electrons. The number of nitrogens with one attached hydrogen (secondary N) is 1. The van der Waals surface area contributed by atoms with Gasteiger partial charge in [-0.25, -0.2) is 0 Å². The number of benzene rings is 1. The van der Waals surface area contributed by atoms with Gasteiger partial charge in [-0.2, -0.15) is 0 Å². The van der Waals surface area contributed by atoms with Crippen molar-refractivity contribution >= 4 is 18.3 Å². The average molecular weight is 261 g/mol. The Morgan fingerprint density at radius 2 is 2.06 bits per heavy atom. The van der Waals surface area contributed by atoms with Crippen LogP contribution in [0.4, 0.5) is 0 Å². The van der Waals surface area contributed by atoms with Crippen molar-refractivity contribution in [3.63, 3.8) is 0 Å². The predicted octanol–water partition coefficient (Wildman–Crippen LogP) is 0.814. The van der Waals surface area contributed by atoms with Crippen LogP contribution in [0.25, 0.3) is 0 Å². The van der Waals surface area contributed by atoms with Gasteiger partial charge in [0.1, 0.15) is 11.5 Å². The van der Waals surface area contributed by atoms with E-state index in [1.54, 1.807) is 25.3 Å². The van der Waals surface area contributed by atoms with Gasteiger partial charge < -0.3 is 20.5 Å². The molecule has 1 rings (SSSR count). The van der Waals surface area contributed by atoms with Crippen molar-refractivity contribution in [3.05, 3.63) is 23.8 Å². The summed E-state index contributed by atoms with van der Waals surface area (Å²) in [6.07, 6.45) is 0. The van der Waals surface area contributed by atoms with E-state index < -0.39 is 0 Å². The SMILES string of the molecule is COc1ccc(OC)c(C(=O)NCCN)c1.Cl.